The first kappa shape index (κ1) is 29.3. The van der Waals surface area contributed by atoms with Gasteiger partial charge in [-0.2, -0.15) is 0 Å². The Labute approximate surface area is 309 Å². The Morgan fingerprint density at radius 2 is 1.04 bits per heavy atom. The topological polar surface area (TPSA) is 0 Å². The maximum atomic E-state index is 2.48. The van der Waals surface area contributed by atoms with Gasteiger partial charge in [0.1, 0.15) is 0 Å². The van der Waals surface area contributed by atoms with E-state index in [0.29, 0.717) is 0 Å². The highest BCUT2D eigenvalue weighted by Gasteiger charge is 2.36. The molecule has 0 atom stereocenters. The Morgan fingerprint density at radius 1 is 0.453 bits per heavy atom. The molecule has 0 heterocycles. The minimum absolute atomic E-state index is 0.112. The molecule has 0 unspecified atom stereocenters. The quantitative estimate of drug-likeness (QED) is 0.164. The van der Waals surface area contributed by atoms with Crippen LogP contribution in [0.15, 0.2) is 152 Å². The molecular formula is C53H36. The zero-order chi connectivity index (χ0) is 35.0. The fraction of sp³-hybridized carbons (Fsp3) is 0.0943. The molecular weight excluding hydrogens is 637 g/mol. The number of hydrogen-bond donors (Lipinski definition) is 0. The normalized spacial score (nSPS) is 15.0. The van der Waals surface area contributed by atoms with E-state index >= 15 is 0 Å². The molecule has 0 aromatic heterocycles. The van der Waals surface area contributed by atoms with Crippen molar-refractivity contribution in [3.63, 3.8) is 0 Å². The minimum atomic E-state index is -0.112. The standard InChI is InChI=1S/C53H36/c1-53(2)47-29-39(31-9-11-32(12-10-31)41-23-17-37-15-13-33-5-3-7-35-19-27-45(41)51(37)49(33)35)21-25-43(47)44-26-22-40(30-48(44)53)42-24-18-38-16-14-34-6-4-8-36-20-28-46(42)52(38)50(34)36/h3-5,7-15,17-30H,6,16H2,1-2H3. The molecule has 3 aliphatic rings. The predicted octanol–water partition coefficient (Wildman–Crippen LogP) is 14.4. The first-order valence-electron chi connectivity index (χ1n) is 19.0. The summed E-state index contributed by atoms with van der Waals surface area (Å²) >= 11 is 0. The zero-order valence-corrected chi connectivity index (χ0v) is 29.9. The van der Waals surface area contributed by atoms with E-state index in [1.54, 1.807) is 0 Å². The molecule has 0 radical (unpaired) electrons. The summed E-state index contributed by atoms with van der Waals surface area (Å²) < 4.78 is 0. The van der Waals surface area contributed by atoms with Crippen LogP contribution in [-0.4, -0.2) is 0 Å². The van der Waals surface area contributed by atoms with Crippen LogP contribution in [0, 0.1) is 0 Å². The summed E-state index contributed by atoms with van der Waals surface area (Å²) in [6.07, 6.45) is 9.11. The molecule has 0 aliphatic heterocycles. The van der Waals surface area contributed by atoms with Gasteiger partial charge in [-0.15, -0.1) is 0 Å². The molecule has 0 amide bonds. The summed E-state index contributed by atoms with van der Waals surface area (Å²) in [5, 5.41) is 10.8. The van der Waals surface area contributed by atoms with Gasteiger partial charge in [-0.05, 0) is 146 Å². The third kappa shape index (κ3) is 4.01. The summed E-state index contributed by atoms with van der Waals surface area (Å²) in [6.45, 7) is 4.81. The van der Waals surface area contributed by atoms with E-state index in [1.807, 2.05) is 0 Å². The van der Waals surface area contributed by atoms with Crippen molar-refractivity contribution in [2.75, 3.05) is 0 Å². The fourth-order valence-electron chi connectivity index (χ4n) is 10.2. The molecule has 0 fully saturated rings. The molecule has 0 spiro atoms. The van der Waals surface area contributed by atoms with E-state index < -0.39 is 0 Å². The number of hydrogen-bond acceptors (Lipinski definition) is 0. The van der Waals surface area contributed by atoms with E-state index in [0.717, 1.165) is 12.8 Å². The van der Waals surface area contributed by atoms with Crippen molar-refractivity contribution in [2.24, 2.45) is 0 Å². The second-order valence-corrected chi connectivity index (χ2v) is 16.0. The van der Waals surface area contributed by atoms with Crippen molar-refractivity contribution in [1.82, 2.24) is 0 Å². The number of rotatable bonds is 3. The van der Waals surface area contributed by atoms with E-state index in [2.05, 4.69) is 172 Å². The van der Waals surface area contributed by atoms with Crippen molar-refractivity contribution in [3.8, 4) is 44.5 Å². The van der Waals surface area contributed by atoms with Crippen LogP contribution in [0.3, 0.4) is 0 Å². The molecule has 9 aromatic rings. The molecule has 53 heavy (non-hydrogen) atoms. The van der Waals surface area contributed by atoms with Crippen molar-refractivity contribution in [3.05, 3.63) is 179 Å². The lowest BCUT2D eigenvalue weighted by molar-refractivity contribution is 0.661. The van der Waals surface area contributed by atoms with Crippen LogP contribution in [0.5, 0.6) is 0 Å². The summed E-state index contributed by atoms with van der Waals surface area (Å²) in [4.78, 5) is 0. The molecule has 3 aliphatic carbocycles. The van der Waals surface area contributed by atoms with Gasteiger partial charge in [0.2, 0.25) is 0 Å². The van der Waals surface area contributed by atoms with Gasteiger partial charge in [0.05, 0.1) is 0 Å². The van der Waals surface area contributed by atoms with Crippen molar-refractivity contribution >= 4 is 54.7 Å². The van der Waals surface area contributed by atoms with E-state index in [1.165, 1.54) is 121 Å². The number of fused-ring (bicyclic) bond motifs is 3. The van der Waals surface area contributed by atoms with Crippen LogP contribution < -0.4 is 0 Å². The average molecular weight is 673 g/mol. The molecule has 0 saturated heterocycles. The first-order chi connectivity index (χ1) is 26.0. The van der Waals surface area contributed by atoms with E-state index in [-0.39, 0.29) is 5.41 Å². The largest absolute Gasteiger partial charge is 0.0795 e. The van der Waals surface area contributed by atoms with Gasteiger partial charge >= 0.3 is 0 Å². The molecule has 9 aromatic carbocycles. The van der Waals surface area contributed by atoms with Gasteiger partial charge in [0.15, 0.2) is 0 Å². The van der Waals surface area contributed by atoms with Gasteiger partial charge in [-0.3, -0.25) is 0 Å². The second kappa shape index (κ2) is 10.4. The average Bonchev–Trinajstić information content (AvgIpc) is 3.43. The first-order valence-corrected chi connectivity index (χ1v) is 19.0. The lowest BCUT2D eigenvalue weighted by Crippen LogP contribution is -2.15. The SMILES string of the molecule is CC1(C)c2cc(-c3ccc(-c4ccc5ccc6cccc7ccc4c5c67)cc3)ccc2-c2ccc(-c3ccc4c5c6c(ccc35)C=CCC6=CC4)cc21. The molecule has 0 bridgehead atoms. The summed E-state index contributed by atoms with van der Waals surface area (Å²) in [5.74, 6) is 0. The van der Waals surface area contributed by atoms with Gasteiger partial charge in [0, 0.05) is 5.41 Å². The van der Waals surface area contributed by atoms with Crippen LogP contribution in [0.25, 0.3) is 99.2 Å². The number of allylic oxidation sites excluding steroid dienone is 3. The third-order valence-corrected chi connectivity index (χ3v) is 12.9. The van der Waals surface area contributed by atoms with E-state index in [4.69, 9.17) is 0 Å². The highest BCUT2D eigenvalue weighted by molar-refractivity contribution is 6.25. The predicted molar refractivity (Wildman–Crippen MR) is 227 cm³/mol. The molecule has 12 rings (SSSR count). The van der Waals surface area contributed by atoms with Crippen LogP contribution in [0.1, 0.15) is 48.1 Å². The van der Waals surface area contributed by atoms with Crippen LogP contribution in [-0.2, 0) is 11.8 Å². The van der Waals surface area contributed by atoms with Crippen LogP contribution >= 0.6 is 0 Å². The zero-order valence-electron chi connectivity index (χ0n) is 29.9. The summed E-state index contributed by atoms with van der Waals surface area (Å²) in [7, 11) is 0. The summed E-state index contributed by atoms with van der Waals surface area (Å²) in [5.41, 5.74) is 18.9. The van der Waals surface area contributed by atoms with Crippen molar-refractivity contribution in [2.45, 2.75) is 32.1 Å². The maximum Gasteiger partial charge on any atom is 0.0159 e. The van der Waals surface area contributed by atoms with E-state index in [9.17, 15) is 0 Å². The molecule has 0 saturated carbocycles. The van der Waals surface area contributed by atoms with Crippen molar-refractivity contribution in [1.29, 1.82) is 0 Å². The molecule has 248 valence electrons. The van der Waals surface area contributed by atoms with Gasteiger partial charge in [-0.1, -0.05) is 159 Å². The number of benzene rings is 9. The Hall–Kier alpha value is -6.24. The van der Waals surface area contributed by atoms with Crippen LogP contribution in [0.2, 0.25) is 0 Å². The van der Waals surface area contributed by atoms with Gasteiger partial charge < -0.3 is 0 Å². The lowest BCUT2D eigenvalue weighted by atomic mass is 9.78. The highest BCUT2D eigenvalue weighted by Crippen LogP contribution is 2.52. The Morgan fingerprint density at radius 3 is 1.85 bits per heavy atom. The highest BCUT2D eigenvalue weighted by atomic mass is 14.4. The molecule has 0 N–H and O–H groups in total. The molecule has 0 heteroatoms. The van der Waals surface area contributed by atoms with Crippen molar-refractivity contribution < 1.29 is 0 Å². The Bertz CT molecular complexity index is 3090. The smallest absolute Gasteiger partial charge is 0.0159 e. The fourth-order valence-corrected chi connectivity index (χ4v) is 10.2. The van der Waals surface area contributed by atoms with Gasteiger partial charge in [-0.25, -0.2) is 0 Å². The summed E-state index contributed by atoms with van der Waals surface area (Å²) in [6, 6.07) is 53.3. The minimum Gasteiger partial charge on any atom is -0.0795 e. The van der Waals surface area contributed by atoms with Crippen LogP contribution in [0.4, 0.5) is 0 Å². The maximum absolute atomic E-state index is 2.48. The second-order valence-electron chi connectivity index (χ2n) is 16.0. The van der Waals surface area contributed by atoms with Gasteiger partial charge in [0.25, 0.3) is 0 Å². The lowest BCUT2D eigenvalue weighted by Gasteiger charge is -2.25. The third-order valence-electron chi connectivity index (χ3n) is 12.9. The Kier molecular flexibility index (Phi) is 5.77. The monoisotopic (exact) mass is 672 g/mol. The molecule has 0 nitrogen and oxygen atoms in total. The Balaban J connectivity index is 0.912.